The lowest BCUT2D eigenvalue weighted by Crippen LogP contribution is -1.99. The summed E-state index contributed by atoms with van der Waals surface area (Å²) in [5.74, 6) is 0.461. The van der Waals surface area contributed by atoms with Gasteiger partial charge >= 0.3 is 0 Å². The van der Waals surface area contributed by atoms with Crippen LogP contribution in [0.1, 0.15) is 5.69 Å². The molecule has 32 heavy (non-hydrogen) atoms. The van der Waals surface area contributed by atoms with E-state index >= 15 is 0 Å². The Morgan fingerprint density at radius 1 is 1.09 bits per heavy atom. The summed E-state index contributed by atoms with van der Waals surface area (Å²) in [6, 6.07) is 16.3. The molecule has 8 heteroatoms. The first kappa shape index (κ1) is 20.5. The number of aromatic nitrogens is 4. The maximum atomic E-state index is 13.4. The van der Waals surface area contributed by atoms with Gasteiger partial charge in [-0.3, -0.25) is 4.40 Å². The molecule has 0 fully saturated rings. The van der Waals surface area contributed by atoms with Crippen LogP contribution in [-0.2, 0) is 0 Å². The molecule has 0 saturated heterocycles. The van der Waals surface area contributed by atoms with Crippen molar-refractivity contribution in [2.75, 3.05) is 12.4 Å². The highest BCUT2D eigenvalue weighted by Gasteiger charge is 2.15. The van der Waals surface area contributed by atoms with E-state index in [2.05, 4.69) is 32.9 Å². The van der Waals surface area contributed by atoms with Crippen LogP contribution in [0.2, 0.25) is 0 Å². The van der Waals surface area contributed by atoms with Crippen molar-refractivity contribution >= 4 is 39.6 Å². The van der Waals surface area contributed by atoms with E-state index in [1.807, 2.05) is 58.6 Å². The number of halogens is 2. The minimum atomic E-state index is -0.266. The fraction of sp³-hybridized carbons (Fsp3) is 0.0833. The zero-order valence-corrected chi connectivity index (χ0v) is 19.5. The molecule has 3 aromatic heterocycles. The smallest absolute Gasteiger partial charge is 0.162 e. The zero-order valence-electron chi connectivity index (χ0n) is 17.4. The van der Waals surface area contributed by atoms with E-state index in [4.69, 9.17) is 9.72 Å². The average Bonchev–Trinajstić information content (AvgIpc) is 3.38. The van der Waals surface area contributed by atoms with Crippen molar-refractivity contribution in [1.82, 2.24) is 18.9 Å². The molecule has 0 saturated carbocycles. The summed E-state index contributed by atoms with van der Waals surface area (Å²) in [6.45, 7) is 1.95. The van der Waals surface area contributed by atoms with Gasteiger partial charge in [-0.2, -0.15) is 0 Å². The Morgan fingerprint density at radius 2 is 1.91 bits per heavy atom. The molecule has 0 aliphatic rings. The van der Waals surface area contributed by atoms with E-state index in [1.165, 1.54) is 12.1 Å². The third kappa shape index (κ3) is 3.70. The van der Waals surface area contributed by atoms with E-state index < -0.39 is 0 Å². The number of benzene rings is 2. The number of rotatable bonds is 5. The Balaban J connectivity index is 1.53. The van der Waals surface area contributed by atoms with Gasteiger partial charge in [0.05, 0.1) is 30.5 Å². The van der Waals surface area contributed by atoms with E-state index in [-0.39, 0.29) is 5.82 Å². The van der Waals surface area contributed by atoms with E-state index in [1.54, 1.807) is 25.6 Å². The fourth-order valence-corrected chi connectivity index (χ4v) is 4.43. The lowest BCUT2D eigenvalue weighted by molar-refractivity contribution is 0.413. The van der Waals surface area contributed by atoms with Gasteiger partial charge in [0, 0.05) is 29.7 Å². The first-order valence-corrected chi connectivity index (χ1v) is 11.0. The first-order chi connectivity index (χ1) is 15.5. The molecule has 0 bridgehead atoms. The van der Waals surface area contributed by atoms with E-state index in [9.17, 15) is 4.39 Å². The highest BCUT2D eigenvalue weighted by atomic mass is 127. The summed E-state index contributed by atoms with van der Waals surface area (Å²) in [5.41, 5.74) is 6.03. The van der Waals surface area contributed by atoms with E-state index in [0.717, 1.165) is 49.1 Å². The molecule has 1 N–H and O–H groups in total. The van der Waals surface area contributed by atoms with Crippen LogP contribution in [0.4, 0.5) is 15.8 Å². The minimum Gasteiger partial charge on any atom is -0.494 e. The molecular weight excluding hydrogens is 520 g/mol. The molecule has 0 amide bonds. The zero-order chi connectivity index (χ0) is 22.2. The second-order valence-corrected chi connectivity index (χ2v) is 8.33. The number of hydrogen-bond donors (Lipinski definition) is 1. The number of ether oxygens (including phenoxy) is 1. The van der Waals surface area contributed by atoms with Gasteiger partial charge in [0.15, 0.2) is 5.65 Å². The van der Waals surface area contributed by atoms with Gasteiger partial charge < -0.3 is 14.6 Å². The Bertz CT molecular complexity index is 1420. The predicted octanol–water partition coefficient (Wildman–Crippen LogP) is 5.99. The molecule has 2 aromatic carbocycles. The number of hydrogen-bond acceptors (Lipinski definition) is 4. The van der Waals surface area contributed by atoms with Gasteiger partial charge in [0.25, 0.3) is 0 Å². The molecule has 0 radical (unpaired) electrons. The first-order valence-electron chi connectivity index (χ1n) is 9.92. The molecule has 0 unspecified atom stereocenters. The van der Waals surface area contributed by atoms with Crippen molar-refractivity contribution in [2.45, 2.75) is 6.92 Å². The Morgan fingerprint density at radius 3 is 2.62 bits per heavy atom. The van der Waals surface area contributed by atoms with Crippen molar-refractivity contribution in [3.05, 3.63) is 88.5 Å². The van der Waals surface area contributed by atoms with Crippen LogP contribution in [0.25, 0.3) is 22.6 Å². The van der Waals surface area contributed by atoms with Gasteiger partial charge in [0.1, 0.15) is 21.0 Å². The standard InChI is InChI=1S/C24H19FIN5O/c1-15-13-30(14-27-15)20-10-9-18(12-21(20)32-2)28-19-4-3-11-31-23(26)22(29-24(19)31)16-5-7-17(25)8-6-16/h3-14,28H,1-2H3. The van der Waals surface area contributed by atoms with Crippen molar-refractivity contribution in [3.8, 4) is 22.7 Å². The quantitative estimate of drug-likeness (QED) is 0.279. The van der Waals surface area contributed by atoms with Gasteiger partial charge in [-0.15, -0.1) is 0 Å². The molecular formula is C24H19FIN5O. The number of anilines is 2. The second kappa shape index (κ2) is 8.27. The average molecular weight is 539 g/mol. The third-order valence-corrected chi connectivity index (χ3v) is 6.19. The lowest BCUT2D eigenvalue weighted by Gasteiger charge is -2.13. The Kier molecular flexibility index (Phi) is 5.30. The maximum absolute atomic E-state index is 13.4. The van der Waals surface area contributed by atoms with Gasteiger partial charge in [-0.1, -0.05) is 0 Å². The van der Waals surface area contributed by atoms with Gasteiger partial charge in [-0.25, -0.2) is 14.4 Å². The third-order valence-electron chi connectivity index (χ3n) is 5.16. The number of pyridine rings is 1. The summed E-state index contributed by atoms with van der Waals surface area (Å²) in [5, 5.41) is 3.46. The maximum Gasteiger partial charge on any atom is 0.162 e. The summed E-state index contributed by atoms with van der Waals surface area (Å²) >= 11 is 2.27. The minimum absolute atomic E-state index is 0.266. The van der Waals surface area contributed by atoms with Crippen molar-refractivity contribution in [3.63, 3.8) is 0 Å². The van der Waals surface area contributed by atoms with Crippen molar-refractivity contribution < 1.29 is 9.13 Å². The molecule has 0 atom stereocenters. The molecule has 0 aliphatic heterocycles. The molecule has 0 aliphatic carbocycles. The summed E-state index contributed by atoms with van der Waals surface area (Å²) < 4.78 is 23.9. The number of nitrogens with zero attached hydrogens (tertiary/aromatic N) is 4. The number of fused-ring (bicyclic) bond motifs is 1. The predicted molar refractivity (Wildman–Crippen MR) is 131 cm³/mol. The number of aryl methyl sites for hydroxylation is 1. The Labute approximate surface area is 197 Å². The number of imidazole rings is 2. The highest BCUT2D eigenvalue weighted by molar-refractivity contribution is 14.1. The molecule has 5 rings (SSSR count). The van der Waals surface area contributed by atoms with Crippen molar-refractivity contribution in [1.29, 1.82) is 0 Å². The SMILES string of the molecule is COc1cc(Nc2cccn3c(I)c(-c4ccc(F)cc4)nc23)ccc1-n1cnc(C)c1. The topological polar surface area (TPSA) is 56.4 Å². The monoisotopic (exact) mass is 539 g/mol. The summed E-state index contributed by atoms with van der Waals surface area (Å²) in [6.07, 6.45) is 5.69. The second-order valence-electron chi connectivity index (χ2n) is 7.31. The molecule has 160 valence electrons. The van der Waals surface area contributed by atoms with Gasteiger partial charge in [-0.05, 0) is 78.0 Å². The van der Waals surface area contributed by atoms with Crippen LogP contribution in [0.5, 0.6) is 5.75 Å². The molecule has 6 nitrogen and oxygen atoms in total. The van der Waals surface area contributed by atoms with Crippen LogP contribution in [-0.4, -0.2) is 26.0 Å². The molecule has 0 spiro atoms. The highest BCUT2D eigenvalue weighted by Crippen LogP contribution is 2.32. The van der Waals surface area contributed by atoms with Crippen molar-refractivity contribution in [2.24, 2.45) is 0 Å². The molecule has 5 aromatic rings. The molecule has 3 heterocycles. The lowest BCUT2D eigenvalue weighted by atomic mass is 10.2. The van der Waals surface area contributed by atoms with Crippen LogP contribution in [0.3, 0.4) is 0 Å². The van der Waals surface area contributed by atoms with Crippen LogP contribution in [0, 0.1) is 16.4 Å². The normalized spacial score (nSPS) is 11.1. The fourth-order valence-electron chi connectivity index (χ4n) is 3.60. The van der Waals surface area contributed by atoms with E-state index in [0.29, 0.717) is 0 Å². The number of nitrogens with one attached hydrogen (secondary N) is 1. The Hall–Kier alpha value is -3.40. The van der Waals surface area contributed by atoms with Crippen LogP contribution in [0.15, 0.2) is 73.3 Å². The largest absolute Gasteiger partial charge is 0.494 e. The summed E-state index contributed by atoms with van der Waals surface area (Å²) in [4.78, 5) is 9.14. The number of methoxy groups -OCH3 is 1. The van der Waals surface area contributed by atoms with Crippen LogP contribution >= 0.6 is 22.6 Å². The summed E-state index contributed by atoms with van der Waals surface area (Å²) in [7, 11) is 1.65. The van der Waals surface area contributed by atoms with Crippen LogP contribution < -0.4 is 10.1 Å². The van der Waals surface area contributed by atoms with Gasteiger partial charge in [0.2, 0.25) is 0 Å².